The molecule has 1 aromatic heterocycles. The zero-order chi connectivity index (χ0) is 16.8. The van der Waals surface area contributed by atoms with Crippen LogP contribution in [-0.2, 0) is 16.1 Å². The molecule has 1 amide bonds. The predicted octanol–water partition coefficient (Wildman–Crippen LogP) is 1.72. The number of rotatable bonds is 6. The Labute approximate surface area is 136 Å². The van der Waals surface area contributed by atoms with E-state index in [1.165, 1.54) is 0 Å². The number of carbonyl (C=O) groups excluding carboxylic acids is 2. The van der Waals surface area contributed by atoms with Crippen molar-refractivity contribution < 1.29 is 19.1 Å². The number of aromatic nitrogens is 2. The van der Waals surface area contributed by atoms with Crippen molar-refractivity contribution in [1.82, 2.24) is 14.7 Å². The molecule has 0 spiro atoms. The lowest BCUT2D eigenvalue weighted by Gasteiger charge is -2.30. The molecule has 0 aromatic carbocycles. The molecule has 1 fully saturated rings. The van der Waals surface area contributed by atoms with Crippen molar-refractivity contribution in [2.45, 2.75) is 40.2 Å². The molecule has 1 saturated heterocycles. The van der Waals surface area contributed by atoms with Crippen LogP contribution in [0.1, 0.15) is 44.0 Å². The number of amides is 1. The Bertz CT molecular complexity index is 548. The molecule has 1 aliphatic rings. The van der Waals surface area contributed by atoms with Gasteiger partial charge < -0.3 is 14.4 Å². The Morgan fingerprint density at radius 2 is 1.91 bits per heavy atom. The van der Waals surface area contributed by atoms with E-state index < -0.39 is 0 Å². The van der Waals surface area contributed by atoms with Crippen LogP contribution in [0.3, 0.4) is 0 Å². The van der Waals surface area contributed by atoms with E-state index in [1.54, 1.807) is 22.7 Å². The molecule has 7 nitrogen and oxygen atoms in total. The number of hydrogen-bond acceptors (Lipinski definition) is 5. The molecular weight excluding hydrogens is 298 g/mol. The number of hydrogen-bond donors (Lipinski definition) is 0. The predicted molar refractivity (Wildman–Crippen MR) is 84.3 cm³/mol. The number of esters is 1. The maximum absolute atomic E-state index is 12.7. The highest BCUT2D eigenvalue weighted by atomic mass is 16.5. The van der Waals surface area contributed by atoms with E-state index in [0.29, 0.717) is 57.1 Å². The highest BCUT2D eigenvalue weighted by Gasteiger charge is 2.30. The Balaban J connectivity index is 2.02. The third kappa shape index (κ3) is 4.03. The molecule has 0 atom stereocenters. The van der Waals surface area contributed by atoms with E-state index in [2.05, 4.69) is 5.10 Å². The third-order valence-corrected chi connectivity index (χ3v) is 3.97. The summed E-state index contributed by atoms with van der Waals surface area (Å²) in [6.45, 7) is 8.26. The molecule has 0 bridgehead atoms. The smallest absolute Gasteiger partial charge is 0.309 e. The van der Waals surface area contributed by atoms with Crippen LogP contribution in [0.15, 0.2) is 6.20 Å². The Morgan fingerprint density at radius 3 is 2.48 bits per heavy atom. The first-order valence-electron chi connectivity index (χ1n) is 8.26. The summed E-state index contributed by atoms with van der Waals surface area (Å²) in [5.74, 6) is 0.0273. The van der Waals surface area contributed by atoms with E-state index in [-0.39, 0.29) is 17.8 Å². The summed E-state index contributed by atoms with van der Waals surface area (Å²) in [5.41, 5.74) is 0.489. The molecule has 7 heteroatoms. The van der Waals surface area contributed by atoms with Crippen molar-refractivity contribution >= 4 is 11.9 Å². The first-order valence-corrected chi connectivity index (χ1v) is 8.26. The minimum absolute atomic E-state index is 0.0875. The van der Waals surface area contributed by atoms with E-state index in [4.69, 9.17) is 9.47 Å². The van der Waals surface area contributed by atoms with Gasteiger partial charge in [-0.1, -0.05) is 0 Å². The van der Waals surface area contributed by atoms with E-state index >= 15 is 0 Å². The van der Waals surface area contributed by atoms with Gasteiger partial charge in [0.1, 0.15) is 5.56 Å². The molecule has 1 aromatic rings. The molecule has 0 unspecified atom stereocenters. The normalized spacial score (nSPS) is 15.5. The highest BCUT2D eigenvalue weighted by molar-refractivity contribution is 5.96. The highest BCUT2D eigenvalue weighted by Crippen LogP contribution is 2.23. The molecule has 0 N–H and O–H groups in total. The van der Waals surface area contributed by atoms with Crippen molar-refractivity contribution in [2.24, 2.45) is 5.92 Å². The lowest BCUT2D eigenvalue weighted by molar-refractivity contribution is -0.149. The lowest BCUT2D eigenvalue weighted by Crippen LogP contribution is -2.40. The van der Waals surface area contributed by atoms with Gasteiger partial charge in [-0.2, -0.15) is 0 Å². The number of carbonyl (C=O) groups is 2. The van der Waals surface area contributed by atoms with Crippen molar-refractivity contribution in [2.75, 3.05) is 26.3 Å². The second kappa shape index (κ2) is 7.99. The van der Waals surface area contributed by atoms with Crippen LogP contribution >= 0.6 is 0 Å². The second-order valence-corrected chi connectivity index (χ2v) is 5.46. The minimum Gasteiger partial charge on any atom is -0.476 e. The topological polar surface area (TPSA) is 73.7 Å². The molecule has 1 aliphatic heterocycles. The zero-order valence-electron chi connectivity index (χ0n) is 14.1. The van der Waals surface area contributed by atoms with Crippen LogP contribution in [0.2, 0.25) is 0 Å². The maximum atomic E-state index is 12.7. The number of likely N-dealkylation sites (tertiary alicyclic amines) is 1. The monoisotopic (exact) mass is 323 g/mol. The molecule has 128 valence electrons. The second-order valence-electron chi connectivity index (χ2n) is 5.46. The number of aryl methyl sites for hydroxylation is 1. The fourth-order valence-corrected chi connectivity index (χ4v) is 2.70. The van der Waals surface area contributed by atoms with Gasteiger partial charge in [0.25, 0.3) is 5.91 Å². The van der Waals surface area contributed by atoms with Crippen molar-refractivity contribution in [3.63, 3.8) is 0 Å². The molecule has 0 aliphatic carbocycles. The van der Waals surface area contributed by atoms with Gasteiger partial charge in [0.15, 0.2) is 0 Å². The van der Waals surface area contributed by atoms with Crippen LogP contribution in [0.25, 0.3) is 0 Å². The summed E-state index contributed by atoms with van der Waals surface area (Å²) >= 11 is 0. The van der Waals surface area contributed by atoms with E-state index in [1.807, 2.05) is 13.8 Å². The van der Waals surface area contributed by atoms with Crippen LogP contribution in [0, 0.1) is 5.92 Å². The van der Waals surface area contributed by atoms with Gasteiger partial charge in [0, 0.05) is 25.8 Å². The Hall–Kier alpha value is -2.05. The zero-order valence-corrected chi connectivity index (χ0v) is 14.1. The summed E-state index contributed by atoms with van der Waals surface area (Å²) < 4.78 is 12.2. The van der Waals surface area contributed by atoms with Crippen LogP contribution < -0.4 is 4.74 Å². The molecule has 0 radical (unpaired) electrons. The first kappa shape index (κ1) is 17.3. The molecule has 0 saturated carbocycles. The molecule has 23 heavy (non-hydrogen) atoms. The summed E-state index contributed by atoms with van der Waals surface area (Å²) in [5, 5.41) is 4.27. The van der Waals surface area contributed by atoms with Crippen molar-refractivity contribution in [1.29, 1.82) is 0 Å². The fourth-order valence-electron chi connectivity index (χ4n) is 2.70. The van der Waals surface area contributed by atoms with E-state index in [9.17, 15) is 9.59 Å². The van der Waals surface area contributed by atoms with Gasteiger partial charge in [0.2, 0.25) is 5.88 Å². The summed E-state index contributed by atoms with van der Waals surface area (Å²) in [7, 11) is 0. The summed E-state index contributed by atoms with van der Waals surface area (Å²) in [4.78, 5) is 26.2. The summed E-state index contributed by atoms with van der Waals surface area (Å²) in [6, 6.07) is 0. The number of piperidine rings is 1. The van der Waals surface area contributed by atoms with Gasteiger partial charge in [-0.05, 0) is 33.6 Å². The standard InChI is InChI=1S/C16H25N3O4/c1-4-19-11-13(14(17-19)22-5-2)15(20)18-9-7-12(8-10-18)16(21)23-6-3/h11-12H,4-10H2,1-3H3. The maximum Gasteiger partial charge on any atom is 0.309 e. The van der Waals surface area contributed by atoms with Crippen LogP contribution in [0.5, 0.6) is 5.88 Å². The average Bonchev–Trinajstić information content (AvgIpc) is 2.98. The van der Waals surface area contributed by atoms with E-state index in [0.717, 1.165) is 0 Å². The van der Waals surface area contributed by atoms with Gasteiger partial charge >= 0.3 is 5.97 Å². The lowest BCUT2D eigenvalue weighted by atomic mass is 9.96. The number of ether oxygens (including phenoxy) is 2. The third-order valence-electron chi connectivity index (χ3n) is 3.97. The van der Waals surface area contributed by atoms with Gasteiger partial charge in [-0.3, -0.25) is 14.3 Å². The van der Waals surface area contributed by atoms with Gasteiger partial charge in [0.05, 0.1) is 19.1 Å². The van der Waals surface area contributed by atoms with Gasteiger partial charge in [-0.15, -0.1) is 5.10 Å². The Morgan fingerprint density at radius 1 is 1.22 bits per heavy atom. The molecule has 2 heterocycles. The SMILES string of the molecule is CCOC(=O)C1CCN(C(=O)c2cn(CC)nc2OCC)CC1. The van der Waals surface area contributed by atoms with Crippen molar-refractivity contribution in [3.05, 3.63) is 11.8 Å². The summed E-state index contributed by atoms with van der Waals surface area (Å²) in [6.07, 6.45) is 3.00. The Kier molecular flexibility index (Phi) is 6.01. The minimum atomic E-state index is -0.159. The average molecular weight is 323 g/mol. The molecular formula is C16H25N3O4. The van der Waals surface area contributed by atoms with Crippen LogP contribution in [-0.4, -0.2) is 52.9 Å². The largest absolute Gasteiger partial charge is 0.476 e. The quantitative estimate of drug-likeness (QED) is 0.745. The van der Waals surface area contributed by atoms with Gasteiger partial charge in [-0.25, -0.2) is 0 Å². The van der Waals surface area contributed by atoms with Crippen LogP contribution in [0.4, 0.5) is 0 Å². The van der Waals surface area contributed by atoms with Crippen molar-refractivity contribution in [3.8, 4) is 5.88 Å². The molecule has 2 rings (SSSR count). The fraction of sp³-hybridized carbons (Fsp3) is 0.688. The first-order chi connectivity index (χ1) is 11.1. The number of nitrogens with zero attached hydrogens (tertiary/aromatic N) is 3.